The number of hydrogen-bond donors (Lipinski definition) is 0. The number of rotatable bonds is 29. The fourth-order valence-electron chi connectivity index (χ4n) is 4.84. The van der Waals surface area contributed by atoms with Crippen molar-refractivity contribution in [2.75, 3.05) is 6.61 Å². The minimum atomic E-state index is 0.0231. The Kier molecular flexibility index (Phi) is 30.0. The molecule has 0 amide bonds. The third-order valence-corrected chi connectivity index (χ3v) is 7.25. The Bertz CT molecular complexity index is 379. The number of hydrogen-bond acceptors (Lipinski definition) is 2. The first-order valence-electron chi connectivity index (χ1n) is 16.0. The Morgan fingerprint density at radius 3 is 0.971 bits per heavy atom. The van der Waals surface area contributed by atoms with Crippen LogP contribution in [0.5, 0.6) is 0 Å². The van der Waals surface area contributed by atoms with Crippen LogP contribution in [-0.4, -0.2) is 12.6 Å². The van der Waals surface area contributed by atoms with Crippen LogP contribution >= 0.6 is 0 Å². The molecule has 34 heavy (non-hydrogen) atoms. The van der Waals surface area contributed by atoms with Gasteiger partial charge >= 0.3 is 5.97 Å². The molecule has 0 aromatic heterocycles. The molecule has 2 nitrogen and oxygen atoms in total. The van der Waals surface area contributed by atoms with Crippen LogP contribution in [0.15, 0.2) is 0 Å². The van der Waals surface area contributed by atoms with Gasteiger partial charge in [0.25, 0.3) is 0 Å². The fourth-order valence-corrected chi connectivity index (χ4v) is 4.84. The van der Waals surface area contributed by atoms with Gasteiger partial charge in [-0.25, -0.2) is 0 Å². The van der Waals surface area contributed by atoms with Gasteiger partial charge in [0.05, 0.1) is 6.61 Å². The summed E-state index contributed by atoms with van der Waals surface area (Å²) < 4.78 is 5.40. The molecule has 2 heteroatoms. The van der Waals surface area contributed by atoms with Gasteiger partial charge in [0.15, 0.2) is 0 Å². The van der Waals surface area contributed by atoms with Crippen molar-refractivity contribution in [2.45, 2.75) is 194 Å². The lowest BCUT2D eigenvalue weighted by Crippen LogP contribution is -2.05. The molecule has 0 aliphatic heterocycles. The predicted molar refractivity (Wildman–Crippen MR) is 152 cm³/mol. The minimum Gasteiger partial charge on any atom is -0.466 e. The average Bonchev–Trinajstić information content (AvgIpc) is 2.84. The van der Waals surface area contributed by atoms with Crippen LogP contribution in [0.3, 0.4) is 0 Å². The highest BCUT2D eigenvalue weighted by molar-refractivity contribution is 5.69. The van der Waals surface area contributed by atoms with Gasteiger partial charge in [-0.1, -0.05) is 174 Å². The number of unbranched alkanes of at least 4 members (excludes halogenated alkanes) is 25. The van der Waals surface area contributed by atoms with Crippen LogP contribution in [-0.2, 0) is 9.53 Å². The molecule has 0 saturated carbocycles. The topological polar surface area (TPSA) is 26.3 Å². The van der Waals surface area contributed by atoms with Gasteiger partial charge in [0, 0.05) is 6.42 Å². The van der Waals surface area contributed by atoms with E-state index >= 15 is 0 Å². The highest BCUT2D eigenvalue weighted by Gasteiger charge is 2.02. The highest BCUT2D eigenvalue weighted by Crippen LogP contribution is 2.15. The van der Waals surface area contributed by atoms with Gasteiger partial charge in [-0.3, -0.25) is 4.79 Å². The molecule has 0 fully saturated rings. The maximum absolute atomic E-state index is 11.8. The Hall–Kier alpha value is -0.530. The van der Waals surface area contributed by atoms with Crippen molar-refractivity contribution in [3.8, 4) is 0 Å². The average molecular weight is 481 g/mol. The zero-order valence-electron chi connectivity index (χ0n) is 23.8. The monoisotopic (exact) mass is 480 g/mol. The predicted octanol–water partition coefficient (Wildman–Crippen LogP) is 11.5. The molecule has 0 radical (unpaired) electrons. The van der Waals surface area contributed by atoms with Crippen molar-refractivity contribution >= 4 is 5.97 Å². The normalized spacial score (nSPS) is 11.2. The van der Waals surface area contributed by atoms with Crippen LogP contribution < -0.4 is 0 Å². The van der Waals surface area contributed by atoms with Gasteiger partial charge in [0.2, 0.25) is 0 Å². The van der Waals surface area contributed by atoms with Gasteiger partial charge in [-0.05, 0) is 12.8 Å². The Labute approximate surface area is 215 Å². The number of ether oxygens (including phenoxy) is 1. The van der Waals surface area contributed by atoms with Crippen LogP contribution in [0.1, 0.15) is 194 Å². The second-order valence-corrected chi connectivity index (χ2v) is 10.8. The van der Waals surface area contributed by atoms with Gasteiger partial charge in [-0.15, -0.1) is 0 Å². The minimum absolute atomic E-state index is 0.0231. The summed E-state index contributed by atoms with van der Waals surface area (Å²) in [6.07, 6.45) is 37.2. The van der Waals surface area contributed by atoms with Crippen LogP contribution in [0.25, 0.3) is 0 Å². The molecule has 0 unspecified atom stereocenters. The molecule has 0 atom stereocenters. The lowest BCUT2D eigenvalue weighted by atomic mass is 10.0. The molecule has 0 rings (SSSR count). The van der Waals surface area contributed by atoms with E-state index in [1.807, 2.05) is 0 Å². The molecule has 0 bridgehead atoms. The van der Waals surface area contributed by atoms with Crippen LogP contribution in [0, 0.1) is 0 Å². The zero-order valence-corrected chi connectivity index (χ0v) is 23.8. The second kappa shape index (κ2) is 30.5. The largest absolute Gasteiger partial charge is 0.466 e. The summed E-state index contributed by atoms with van der Waals surface area (Å²) in [5, 5.41) is 0. The second-order valence-electron chi connectivity index (χ2n) is 10.8. The van der Waals surface area contributed by atoms with Crippen LogP contribution in [0.4, 0.5) is 0 Å². The van der Waals surface area contributed by atoms with Crippen molar-refractivity contribution in [2.24, 2.45) is 0 Å². The first-order valence-corrected chi connectivity index (χ1v) is 16.0. The Morgan fingerprint density at radius 1 is 0.382 bits per heavy atom. The molecule has 204 valence electrons. The maximum Gasteiger partial charge on any atom is 0.305 e. The summed E-state index contributed by atoms with van der Waals surface area (Å²) in [6, 6.07) is 0. The zero-order chi connectivity index (χ0) is 24.8. The summed E-state index contributed by atoms with van der Waals surface area (Å²) >= 11 is 0. The number of carbonyl (C=O) groups excluding carboxylic acids is 1. The number of esters is 1. The highest BCUT2D eigenvalue weighted by atomic mass is 16.5. The van der Waals surface area contributed by atoms with E-state index in [1.54, 1.807) is 0 Å². The number of carbonyl (C=O) groups is 1. The summed E-state index contributed by atoms with van der Waals surface area (Å²) in [7, 11) is 0. The molecule has 0 N–H and O–H groups in total. The Morgan fingerprint density at radius 2 is 0.647 bits per heavy atom. The van der Waals surface area contributed by atoms with Crippen molar-refractivity contribution in [1.29, 1.82) is 0 Å². The lowest BCUT2D eigenvalue weighted by Gasteiger charge is -2.06. The van der Waals surface area contributed by atoms with Crippen LogP contribution in [0.2, 0.25) is 0 Å². The first kappa shape index (κ1) is 33.5. The SMILES string of the molecule is CCCCCCCCCCCCCCCCCCCCOC(=O)CCCCCCCCCCC. The van der Waals surface area contributed by atoms with Crippen molar-refractivity contribution in [3.05, 3.63) is 0 Å². The molecule has 0 saturated heterocycles. The van der Waals surface area contributed by atoms with Crippen molar-refractivity contribution in [3.63, 3.8) is 0 Å². The van der Waals surface area contributed by atoms with E-state index in [4.69, 9.17) is 4.74 Å². The van der Waals surface area contributed by atoms with E-state index in [2.05, 4.69) is 13.8 Å². The molecule has 0 aromatic carbocycles. The van der Waals surface area contributed by atoms with E-state index in [0.29, 0.717) is 13.0 Å². The standard InChI is InChI=1S/C32H64O2/c1-3-5-7-9-11-13-14-15-16-17-18-19-20-21-23-25-27-29-31-34-32(33)30-28-26-24-22-12-10-8-6-4-2/h3-31H2,1-2H3. The molecule has 0 aromatic rings. The fraction of sp³-hybridized carbons (Fsp3) is 0.969. The van der Waals surface area contributed by atoms with Crippen molar-refractivity contribution < 1.29 is 9.53 Å². The quantitative estimate of drug-likeness (QED) is 0.0785. The molecular weight excluding hydrogens is 416 g/mol. The van der Waals surface area contributed by atoms with Gasteiger partial charge < -0.3 is 4.74 Å². The Balaban J connectivity index is 3.12. The summed E-state index contributed by atoms with van der Waals surface area (Å²) in [5.41, 5.74) is 0. The van der Waals surface area contributed by atoms with Crippen molar-refractivity contribution in [1.82, 2.24) is 0 Å². The summed E-state index contributed by atoms with van der Waals surface area (Å²) in [6.45, 7) is 5.19. The third kappa shape index (κ3) is 29.5. The smallest absolute Gasteiger partial charge is 0.305 e. The summed E-state index contributed by atoms with van der Waals surface area (Å²) in [4.78, 5) is 11.8. The summed E-state index contributed by atoms with van der Waals surface area (Å²) in [5.74, 6) is 0.0231. The third-order valence-electron chi connectivity index (χ3n) is 7.25. The molecule has 0 aliphatic carbocycles. The van der Waals surface area contributed by atoms with E-state index in [9.17, 15) is 4.79 Å². The molecule has 0 spiro atoms. The maximum atomic E-state index is 11.8. The van der Waals surface area contributed by atoms with E-state index in [0.717, 1.165) is 12.8 Å². The van der Waals surface area contributed by atoms with E-state index < -0.39 is 0 Å². The van der Waals surface area contributed by atoms with E-state index in [1.165, 1.54) is 161 Å². The molecular formula is C32H64O2. The lowest BCUT2D eigenvalue weighted by molar-refractivity contribution is -0.143. The first-order chi connectivity index (χ1) is 16.8. The van der Waals surface area contributed by atoms with Gasteiger partial charge in [0.1, 0.15) is 0 Å². The molecule has 0 aliphatic rings. The molecule has 0 heterocycles. The van der Waals surface area contributed by atoms with Gasteiger partial charge in [-0.2, -0.15) is 0 Å². The van der Waals surface area contributed by atoms with E-state index in [-0.39, 0.29) is 5.97 Å².